The number of amides is 2. The molecule has 1 unspecified atom stereocenters. The van der Waals surface area contributed by atoms with Crippen molar-refractivity contribution >= 4 is 17.5 Å². The van der Waals surface area contributed by atoms with Crippen LogP contribution in [-0.4, -0.2) is 31.4 Å². The third kappa shape index (κ3) is 4.26. The van der Waals surface area contributed by atoms with Gasteiger partial charge in [-0.3, -0.25) is 9.59 Å². The smallest absolute Gasteiger partial charge is 0.254 e. The number of likely N-dealkylation sites (N-methyl/N-ethyl adjacent to an activating group) is 1. The van der Waals surface area contributed by atoms with Crippen molar-refractivity contribution in [1.29, 1.82) is 0 Å². The van der Waals surface area contributed by atoms with Gasteiger partial charge in [0.25, 0.3) is 5.91 Å². The highest BCUT2D eigenvalue weighted by Gasteiger charge is 2.17. The molecular weight excluding hydrogens is 254 g/mol. The highest BCUT2D eigenvalue weighted by Crippen LogP contribution is 2.17. The van der Waals surface area contributed by atoms with Crippen LogP contribution >= 0.6 is 0 Å². The number of carbonyl (C=O) groups is 2. The van der Waals surface area contributed by atoms with Gasteiger partial charge in [-0.15, -0.1) is 0 Å². The number of carbonyl (C=O) groups excluding carboxylic acids is 2. The maximum atomic E-state index is 12.2. The summed E-state index contributed by atoms with van der Waals surface area (Å²) in [5, 5.41) is 8.44. The summed E-state index contributed by atoms with van der Waals surface area (Å²) in [6.45, 7) is 6.50. The fourth-order valence-electron chi connectivity index (χ4n) is 1.82. The minimum Gasteiger partial charge on any atom is -0.384 e. The molecule has 0 fully saturated rings. The number of anilines is 1. The molecule has 0 aliphatic heterocycles. The minimum atomic E-state index is -0.562. The largest absolute Gasteiger partial charge is 0.384 e. The summed E-state index contributed by atoms with van der Waals surface area (Å²) >= 11 is 0. The highest BCUT2D eigenvalue weighted by molar-refractivity contribution is 6.01. The number of hydrogen-bond acceptors (Lipinski definition) is 3. The van der Waals surface area contributed by atoms with Crippen LogP contribution in [0.1, 0.15) is 36.2 Å². The van der Waals surface area contributed by atoms with Gasteiger partial charge in [0.2, 0.25) is 5.91 Å². The zero-order valence-corrected chi connectivity index (χ0v) is 12.5. The lowest BCUT2D eigenvalue weighted by Crippen LogP contribution is -2.43. The summed E-state index contributed by atoms with van der Waals surface area (Å²) < 4.78 is 0. The van der Waals surface area contributed by atoms with E-state index < -0.39 is 6.04 Å². The summed E-state index contributed by atoms with van der Waals surface area (Å²) in [4.78, 5) is 23.7. The van der Waals surface area contributed by atoms with E-state index in [2.05, 4.69) is 22.9 Å². The first kappa shape index (κ1) is 16.0. The van der Waals surface area contributed by atoms with Gasteiger partial charge in [-0.1, -0.05) is 13.0 Å². The van der Waals surface area contributed by atoms with Crippen molar-refractivity contribution < 1.29 is 9.59 Å². The summed E-state index contributed by atoms with van der Waals surface area (Å²) in [7, 11) is 1.55. The molecule has 3 N–H and O–H groups in total. The average molecular weight is 277 g/mol. The Labute approximate surface area is 120 Å². The molecule has 2 amide bonds. The van der Waals surface area contributed by atoms with Crippen molar-refractivity contribution in [2.24, 2.45) is 0 Å². The van der Waals surface area contributed by atoms with Gasteiger partial charge in [0.15, 0.2) is 0 Å². The lowest BCUT2D eigenvalue weighted by molar-refractivity contribution is -0.122. The zero-order valence-electron chi connectivity index (χ0n) is 12.5. The van der Waals surface area contributed by atoms with E-state index >= 15 is 0 Å². The number of rotatable bonds is 6. The van der Waals surface area contributed by atoms with Crippen molar-refractivity contribution in [2.45, 2.75) is 33.2 Å². The predicted octanol–water partition coefficient (Wildman–Crippen LogP) is 1.68. The maximum Gasteiger partial charge on any atom is 0.254 e. The van der Waals surface area contributed by atoms with Crippen LogP contribution in [-0.2, 0) is 4.79 Å². The predicted molar refractivity (Wildman–Crippen MR) is 81.0 cm³/mol. The Hall–Kier alpha value is -2.04. The third-order valence-electron chi connectivity index (χ3n) is 2.97. The quantitative estimate of drug-likeness (QED) is 0.741. The van der Waals surface area contributed by atoms with Crippen LogP contribution in [0.3, 0.4) is 0 Å². The van der Waals surface area contributed by atoms with Crippen LogP contribution in [0.25, 0.3) is 0 Å². The van der Waals surface area contributed by atoms with E-state index in [0.29, 0.717) is 5.56 Å². The van der Waals surface area contributed by atoms with Crippen LogP contribution in [0.5, 0.6) is 0 Å². The van der Waals surface area contributed by atoms with E-state index in [-0.39, 0.29) is 11.8 Å². The molecule has 0 radical (unpaired) electrons. The first-order valence-electron chi connectivity index (χ1n) is 6.86. The molecule has 0 saturated carbocycles. The van der Waals surface area contributed by atoms with Crippen LogP contribution in [0, 0.1) is 6.92 Å². The van der Waals surface area contributed by atoms with Gasteiger partial charge >= 0.3 is 0 Å². The van der Waals surface area contributed by atoms with Crippen molar-refractivity contribution in [3.05, 3.63) is 29.3 Å². The minimum absolute atomic E-state index is 0.214. The van der Waals surface area contributed by atoms with E-state index in [0.717, 1.165) is 24.2 Å². The molecule has 1 aromatic rings. The van der Waals surface area contributed by atoms with Gasteiger partial charge in [-0.25, -0.2) is 0 Å². The molecule has 1 rings (SSSR count). The van der Waals surface area contributed by atoms with Crippen LogP contribution < -0.4 is 16.0 Å². The van der Waals surface area contributed by atoms with E-state index in [1.54, 1.807) is 20.0 Å². The molecule has 0 aliphatic rings. The van der Waals surface area contributed by atoms with Crippen molar-refractivity contribution in [3.63, 3.8) is 0 Å². The Balaban J connectivity index is 2.88. The van der Waals surface area contributed by atoms with Crippen LogP contribution in [0.15, 0.2) is 18.2 Å². The SMILES string of the molecule is CCCNc1cc(C)ccc1C(=O)NC(C)C(=O)NC. The van der Waals surface area contributed by atoms with Gasteiger partial charge in [-0.05, 0) is 38.0 Å². The van der Waals surface area contributed by atoms with Gasteiger partial charge in [-0.2, -0.15) is 0 Å². The van der Waals surface area contributed by atoms with E-state index in [9.17, 15) is 9.59 Å². The van der Waals surface area contributed by atoms with Crippen molar-refractivity contribution in [2.75, 3.05) is 18.9 Å². The Morgan fingerprint density at radius 2 is 2.00 bits per heavy atom. The first-order valence-corrected chi connectivity index (χ1v) is 6.86. The Morgan fingerprint density at radius 3 is 2.60 bits per heavy atom. The second-order valence-corrected chi connectivity index (χ2v) is 4.79. The molecule has 1 aromatic carbocycles. The fraction of sp³-hybridized carbons (Fsp3) is 0.467. The average Bonchev–Trinajstić information content (AvgIpc) is 2.43. The zero-order chi connectivity index (χ0) is 15.1. The molecule has 110 valence electrons. The van der Waals surface area contributed by atoms with E-state index in [4.69, 9.17) is 0 Å². The maximum absolute atomic E-state index is 12.2. The Morgan fingerprint density at radius 1 is 1.30 bits per heavy atom. The lowest BCUT2D eigenvalue weighted by Gasteiger charge is -2.15. The van der Waals surface area contributed by atoms with Crippen LogP contribution in [0.2, 0.25) is 0 Å². The molecule has 0 bridgehead atoms. The summed E-state index contributed by atoms with van der Waals surface area (Å²) in [5.74, 6) is -0.465. The number of aryl methyl sites for hydroxylation is 1. The molecule has 5 nitrogen and oxygen atoms in total. The summed E-state index contributed by atoms with van der Waals surface area (Å²) in [6.07, 6.45) is 0.976. The topological polar surface area (TPSA) is 70.2 Å². The molecule has 0 saturated heterocycles. The Kier molecular flexibility index (Phi) is 6.03. The third-order valence-corrected chi connectivity index (χ3v) is 2.97. The first-order chi connectivity index (χ1) is 9.49. The van der Waals surface area contributed by atoms with E-state index in [1.165, 1.54) is 0 Å². The molecule has 0 spiro atoms. The molecule has 5 heteroatoms. The van der Waals surface area contributed by atoms with Crippen molar-refractivity contribution in [1.82, 2.24) is 10.6 Å². The molecule has 20 heavy (non-hydrogen) atoms. The molecule has 0 aliphatic carbocycles. The normalized spacial score (nSPS) is 11.6. The summed E-state index contributed by atoms with van der Waals surface area (Å²) in [6, 6.07) is 5.04. The number of nitrogens with one attached hydrogen (secondary N) is 3. The van der Waals surface area contributed by atoms with Gasteiger partial charge in [0.1, 0.15) is 6.04 Å². The monoisotopic (exact) mass is 277 g/mol. The lowest BCUT2D eigenvalue weighted by atomic mass is 10.1. The van der Waals surface area contributed by atoms with Crippen molar-refractivity contribution in [3.8, 4) is 0 Å². The summed E-state index contributed by atoms with van der Waals surface area (Å²) in [5.41, 5.74) is 2.44. The van der Waals surface area contributed by atoms with Gasteiger partial charge < -0.3 is 16.0 Å². The van der Waals surface area contributed by atoms with E-state index in [1.807, 2.05) is 19.1 Å². The second kappa shape index (κ2) is 7.53. The number of hydrogen-bond donors (Lipinski definition) is 3. The molecule has 1 atom stereocenters. The standard InChI is InChI=1S/C15H23N3O2/c1-5-8-17-13-9-10(2)6-7-12(13)15(20)18-11(3)14(19)16-4/h6-7,9,11,17H,5,8H2,1-4H3,(H,16,19)(H,18,20). The van der Waals surface area contributed by atoms with Crippen LogP contribution in [0.4, 0.5) is 5.69 Å². The fourth-order valence-corrected chi connectivity index (χ4v) is 1.82. The molecular formula is C15H23N3O2. The highest BCUT2D eigenvalue weighted by atomic mass is 16.2. The molecule has 0 heterocycles. The van der Waals surface area contributed by atoms with Gasteiger partial charge in [0.05, 0.1) is 5.56 Å². The second-order valence-electron chi connectivity index (χ2n) is 4.79. The molecule has 0 aromatic heterocycles. The Bertz CT molecular complexity index is 486. The van der Waals surface area contributed by atoms with Gasteiger partial charge in [0, 0.05) is 19.3 Å². The number of benzene rings is 1.